The number of imidazole rings is 1. The fraction of sp³-hybridized carbons (Fsp3) is 0.438. The van der Waals surface area contributed by atoms with Gasteiger partial charge >= 0.3 is 6.03 Å². The second-order valence-electron chi connectivity index (χ2n) is 12.6. The summed E-state index contributed by atoms with van der Waals surface area (Å²) in [5, 5.41) is 9.50. The van der Waals surface area contributed by atoms with E-state index in [9.17, 15) is 4.79 Å². The van der Waals surface area contributed by atoms with Gasteiger partial charge in [-0.05, 0) is 49.9 Å². The zero-order valence-corrected chi connectivity index (χ0v) is 25.6. The third-order valence-corrected chi connectivity index (χ3v) is 9.55. The van der Waals surface area contributed by atoms with Crippen molar-refractivity contribution in [1.82, 2.24) is 24.4 Å². The minimum atomic E-state index is -0.382. The standard InChI is InChI=1S/C32H37N7O3S/c1-32(2,3)27-18-28(37-42-27)36-30(40)33-22-8-4-21(5-9-22)25-19-39-26-13-12-24(34-29(26)43-31(39)35-25)20-6-10-23(11-7-20)38-14-16-41-17-15-38/h4-5,8-9,12-13,18-20,23H,6-7,10-11,14-17H2,1-3H3,(H2,33,36,37,40). The molecule has 5 aromatic rings. The van der Waals surface area contributed by atoms with Gasteiger partial charge in [0.2, 0.25) is 0 Å². The number of carbonyl (C=O) groups excluding carboxylic acids is 1. The number of nitrogens with zero attached hydrogens (tertiary/aromatic N) is 5. The van der Waals surface area contributed by atoms with E-state index in [1.807, 2.05) is 45.0 Å². The molecule has 1 saturated carbocycles. The van der Waals surface area contributed by atoms with Crippen molar-refractivity contribution in [1.29, 1.82) is 0 Å². The smallest absolute Gasteiger partial charge is 0.324 e. The molecule has 2 fully saturated rings. The Balaban J connectivity index is 0.994. The molecule has 4 aromatic heterocycles. The molecule has 1 aliphatic carbocycles. The van der Waals surface area contributed by atoms with Gasteiger partial charge in [-0.15, -0.1) is 0 Å². The highest BCUT2D eigenvalue weighted by molar-refractivity contribution is 7.23. The number of ether oxygens (including phenoxy) is 1. The second kappa shape index (κ2) is 11.4. The summed E-state index contributed by atoms with van der Waals surface area (Å²) in [6.45, 7) is 9.94. The molecular weight excluding hydrogens is 562 g/mol. The molecule has 2 amide bonds. The van der Waals surface area contributed by atoms with E-state index in [4.69, 9.17) is 19.2 Å². The Morgan fingerprint density at radius 1 is 0.977 bits per heavy atom. The summed E-state index contributed by atoms with van der Waals surface area (Å²) in [5.41, 5.74) is 4.64. The highest BCUT2D eigenvalue weighted by Crippen LogP contribution is 2.36. The lowest BCUT2D eigenvalue weighted by molar-refractivity contribution is 0.00721. The van der Waals surface area contributed by atoms with Gasteiger partial charge in [-0.1, -0.05) is 49.4 Å². The molecule has 7 rings (SSSR count). The van der Waals surface area contributed by atoms with E-state index in [0.29, 0.717) is 29.2 Å². The van der Waals surface area contributed by atoms with Gasteiger partial charge in [0, 0.05) is 59.7 Å². The first-order chi connectivity index (χ1) is 20.8. The molecule has 10 nitrogen and oxygen atoms in total. The van der Waals surface area contributed by atoms with Gasteiger partial charge in [0.25, 0.3) is 0 Å². The Morgan fingerprint density at radius 3 is 2.47 bits per heavy atom. The third-order valence-electron chi connectivity index (χ3n) is 8.59. The number of anilines is 2. The van der Waals surface area contributed by atoms with E-state index in [1.54, 1.807) is 17.4 Å². The van der Waals surface area contributed by atoms with Crippen LogP contribution in [-0.2, 0) is 10.2 Å². The van der Waals surface area contributed by atoms with Gasteiger partial charge in [0.05, 0.1) is 24.4 Å². The number of rotatable bonds is 5. The Kier molecular flexibility index (Phi) is 7.40. The molecule has 224 valence electrons. The number of thiazole rings is 1. The molecule has 1 aromatic carbocycles. The first-order valence-corrected chi connectivity index (χ1v) is 15.9. The maximum Gasteiger partial charge on any atom is 0.324 e. The maximum atomic E-state index is 12.5. The number of hydrogen-bond acceptors (Lipinski definition) is 8. The van der Waals surface area contributed by atoms with Crippen LogP contribution >= 0.6 is 11.3 Å². The van der Waals surface area contributed by atoms with Crippen LogP contribution in [0.15, 0.2) is 53.2 Å². The van der Waals surface area contributed by atoms with Crippen molar-refractivity contribution in [3.8, 4) is 11.3 Å². The minimum Gasteiger partial charge on any atom is -0.379 e. The number of aromatic nitrogens is 4. The van der Waals surface area contributed by atoms with Crippen LogP contribution in [-0.4, -0.2) is 62.8 Å². The summed E-state index contributed by atoms with van der Waals surface area (Å²) in [4.78, 5) is 27.1. The molecule has 2 N–H and O–H groups in total. The lowest BCUT2D eigenvalue weighted by Crippen LogP contribution is -2.44. The maximum absolute atomic E-state index is 12.5. The van der Waals surface area contributed by atoms with E-state index in [2.05, 4.69) is 43.4 Å². The average Bonchev–Trinajstić information content (AvgIpc) is 3.73. The minimum absolute atomic E-state index is 0.185. The van der Waals surface area contributed by atoms with Crippen molar-refractivity contribution in [3.05, 3.63) is 60.1 Å². The summed E-state index contributed by atoms with van der Waals surface area (Å²) in [5.74, 6) is 1.61. The monoisotopic (exact) mass is 599 g/mol. The summed E-state index contributed by atoms with van der Waals surface area (Å²) in [6, 6.07) is 14.1. The zero-order valence-electron chi connectivity index (χ0n) is 24.8. The number of pyridine rings is 1. The number of benzene rings is 1. The summed E-state index contributed by atoms with van der Waals surface area (Å²) in [6.07, 6.45) is 6.92. The number of carbonyl (C=O) groups is 1. The van der Waals surface area contributed by atoms with Crippen molar-refractivity contribution in [3.63, 3.8) is 0 Å². The first-order valence-electron chi connectivity index (χ1n) is 15.1. The van der Waals surface area contributed by atoms with E-state index in [0.717, 1.165) is 52.9 Å². The van der Waals surface area contributed by atoms with Gasteiger partial charge < -0.3 is 14.6 Å². The predicted octanol–water partition coefficient (Wildman–Crippen LogP) is 6.90. The molecular formula is C32H37N7O3S. The third kappa shape index (κ3) is 5.89. The van der Waals surface area contributed by atoms with Gasteiger partial charge in [-0.2, -0.15) is 0 Å². The van der Waals surface area contributed by atoms with Crippen LogP contribution < -0.4 is 10.6 Å². The Hall–Kier alpha value is -3.80. The van der Waals surface area contributed by atoms with Crippen LogP contribution in [0.3, 0.4) is 0 Å². The van der Waals surface area contributed by atoms with Gasteiger partial charge in [-0.25, -0.2) is 14.8 Å². The second-order valence-corrected chi connectivity index (χ2v) is 13.5. The van der Waals surface area contributed by atoms with Crippen LogP contribution in [0.4, 0.5) is 16.3 Å². The summed E-state index contributed by atoms with van der Waals surface area (Å²) in [7, 11) is 0. The van der Waals surface area contributed by atoms with Gasteiger partial charge in [0.1, 0.15) is 10.6 Å². The molecule has 11 heteroatoms. The predicted molar refractivity (Wildman–Crippen MR) is 169 cm³/mol. The van der Waals surface area contributed by atoms with Crippen molar-refractivity contribution in [2.45, 2.75) is 63.8 Å². The molecule has 43 heavy (non-hydrogen) atoms. The number of morpholine rings is 1. The van der Waals surface area contributed by atoms with Crippen LogP contribution in [0.5, 0.6) is 0 Å². The lowest BCUT2D eigenvalue weighted by atomic mass is 9.83. The normalized spacial score (nSPS) is 20.1. The molecule has 1 saturated heterocycles. The number of nitrogens with one attached hydrogen (secondary N) is 2. The van der Waals surface area contributed by atoms with Crippen LogP contribution in [0, 0.1) is 0 Å². The fourth-order valence-electron chi connectivity index (χ4n) is 6.14. The van der Waals surface area contributed by atoms with E-state index in [-0.39, 0.29) is 11.4 Å². The van der Waals surface area contributed by atoms with Crippen LogP contribution in [0.2, 0.25) is 0 Å². The lowest BCUT2D eigenvalue weighted by Gasteiger charge is -2.38. The van der Waals surface area contributed by atoms with Gasteiger partial charge in [0.15, 0.2) is 10.8 Å². The van der Waals surface area contributed by atoms with Gasteiger partial charge in [-0.3, -0.25) is 14.6 Å². The average molecular weight is 600 g/mol. The van der Waals surface area contributed by atoms with E-state index in [1.165, 1.54) is 31.4 Å². The zero-order chi connectivity index (χ0) is 29.6. The Morgan fingerprint density at radius 2 is 1.74 bits per heavy atom. The number of fused-ring (bicyclic) bond motifs is 3. The fourth-order valence-corrected chi connectivity index (χ4v) is 7.12. The largest absolute Gasteiger partial charge is 0.379 e. The quantitative estimate of drug-likeness (QED) is 0.226. The van der Waals surface area contributed by atoms with E-state index >= 15 is 0 Å². The highest BCUT2D eigenvalue weighted by atomic mass is 32.1. The summed E-state index contributed by atoms with van der Waals surface area (Å²) < 4.78 is 13.0. The number of hydrogen-bond donors (Lipinski definition) is 2. The highest BCUT2D eigenvalue weighted by Gasteiger charge is 2.28. The van der Waals surface area contributed by atoms with Crippen molar-refractivity contribution >= 4 is 44.2 Å². The van der Waals surface area contributed by atoms with Crippen LogP contribution in [0.1, 0.15) is 63.8 Å². The molecule has 1 aliphatic heterocycles. The van der Waals surface area contributed by atoms with Crippen molar-refractivity contribution < 1.29 is 14.1 Å². The molecule has 0 bridgehead atoms. The van der Waals surface area contributed by atoms with E-state index < -0.39 is 0 Å². The topological polar surface area (TPSA) is 110 Å². The number of urea groups is 1. The molecule has 5 heterocycles. The first kappa shape index (κ1) is 28.0. The Bertz CT molecular complexity index is 1740. The molecule has 2 aliphatic rings. The molecule has 0 radical (unpaired) electrons. The SMILES string of the molecule is CC(C)(C)c1cc(NC(=O)Nc2ccc(-c3cn4c(n3)sc3nc(C5CCC(N6CCOCC6)CC5)ccc34)cc2)no1. The summed E-state index contributed by atoms with van der Waals surface area (Å²) >= 11 is 1.63. The van der Waals surface area contributed by atoms with Crippen molar-refractivity contribution in [2.75, 3.05) is 36.9 Å². The van der Waals surface area contributed by atoms with Crippen LogP contribution in [0.25, 0.3) is 26.6 Å². The molecule has 0 atom stereocenters. The molecule has 0 unspecified atom stereocenters. The Labute approximate surface area is 254 Å². The molecule has 0 spiro atoms. The van der Waals surface area contributed by atoms with Crippen molar-refractivity contribution in [2.24, 2.45) is 0 Å². The number of amides is 2.